The number of hydrogen-bond donors (Lipinski definition) is 1. The second kappa shape index (κ2) is 9.33. The Balaban J connectivity index is 1.84. The van der Waals surface area contributed by atoms with Crippen molar-refractivity contribution in [1.29, 1.82) is 0 Å². The van der Waals surface area contributed by atoms with Crippen LogP contribution >= 0.6 is 0 Å². The highest BCUT2D eigenvalue weighted by Gasteiger charge is 2.46. The van der Waals surface area contributed by atoms with Gasteiger partial charge in [-0.1, -0.05) is 73.2 Å². The van der Waals surface area contributed by atoms with E-state index >= 15 is 0 Å². The normalized spacial score (nSPS) is 17.4. The van der Waals surface area contributed by atoms with Crippen molar-refractivity contribution in [3.05, 3.63) is 106 Å². The van der Waals surface area contributed by atoms with Crippen LogP contribution in [0.1, 0.15) is 40.8 Å². The molecule has 0 spiro atoms. The van der Waals surface area contributed by atoms with Crippen LogP contribution in [0.15, 0.2) is 78.4 Å². The lowest BCUT2D eigenvalue weighted by molar-refractivity contribution is -0.140. The summed E-state index contributed by atoms with van der Waals surface area (Å²) in [6.07, 6.45) is 0.870. The van der Waals surface area contributed by atoms with Crippen molar-refractivity contribution in [1.82, 2.24) is 4.90 Å². The topological polar surface area (TPSA) is 66.8 Å². The average molecular weight is 442 g/mol. The summed E-state index contributed by atoms with van der Waals surface area (Å²) in [5.41, 5.74) is 4.37. The summed E-state index contributed by atoms with van der Waals surface area (Å²) < 4.78 is 5.31. The third-order valence-electron chi connectivity index (χ3n) is 6.02. The maximum absolute atomic E-state index is 13.2. The van der Waals surface area contributed by atoms with Crippen LogP contribution in [-0.2, 0) is 22.6 Å². The van der Waals surface area contributed by atoms with Gasteiger partial charge in [0, 0.05) is 12.1 Å². The number of aryl methyl sites for hydroxylation is 2. The molecule has 1 atom stereocenters. The molecular formula is C28H27NO4. The number of Topliss-reactive ketones (excluding diaryl/α,β-unsaturated/α-hetero) is 1. The van der Waals surface area contributed by atoms with E-state index in [1.807, 2.05) is 67.6 Å². The van der Waals surface area contributed by atoms with Crippen molar-refractivity contribution in [2.24, 2.45) is 0 Å². The SMILES string of the molecule is CCc1ccc(/C(O)=C2/C(=O)C(=O)N(Cc3cccc(OC)c3)C2c2cccc(C)c2)cc1. The lowest BCUT2D eigenvalue weighted by atomic mass is 9.94. The van der Waals surface area contributed by atoms with E-state index in [0.717, 1.165) is 28.7 Å². The number of methoxy groups -OCH3 is 1. The number of rotatable bonds is 6. The Morgan fingerprint density at radius 1 is 0.970 bits per heavy atom. The molecule has 5 nitrogen and oxygen atoms in total. The Bertz CT molecular complexity index is 1230. The molecule has 1 heterocycles. The number of aliphatic hydroxyl groups excluding tert-OH is 1. The molecule has 0 radical (unpaired) electrons. The van der Waals surface area contributed by atoms with Crippen molar-refractivity contribution in [2.75, 3.05) is 7.11 Å². The fraction of sp³-hybridized carbons (Fsp3) is 0.214. The largest absolute Gasteiger partial charge is 0.507 e. The number of carbonyl (C=O) groups excluding carboxylic acids is 2. The van der Waals surface area contributed by atoms with Gasteiger partial charge in [-0.3, -0.25) is 9.59 Å². The lowest BCUT2D eigenvalue weighted by Gasteiger charge is -2.26. The van der Waals surface area contributed by atoms with E-state index in [4.69, 9.17) is 4.74 Å². The molecule has 1 unspecified atom stereocenters. The summed E-state index contributed by atoms with van der Waals surface area (Å²) in [4.78, 5) is 27.9. The molecule has 33 heavy (non-hydrogen) atoms. The predicted octanol–water partition coefficient (Wildman–Crippen LogP) is 5.19. The molecule has 0 bridgehead atoms. The first kappa shape index (κ1) is 22.3. The van der Waals surface area contributed by atoms with Gasteiger partial charge in [-0.05, 0) is 42.2 Å². The molecule has 168 valence electrons. The lowest BCUT2D eigenvalue weighted by Crippen LogP contribution is -2.29. The minimum absolute atomic E-state index is 0.109. The highest BCUT2D eigenvalue weighted by Crippen LogP contribution is 2.40. The zero-order valence-electron chi connectivity index (χ0n) is 19.0. The third kappa shape index (κ3) is 4.40. The molecule has 3 aromatic rings. The molecule has 0 aliphatic carbocycles. The number of ether oxygens (including phenoxy) is 1. The fourth-order valence-electron chi connectivity index (χ4n) is 4.25. The number of carbonyl (C=O) groups is 2. The second-order valence-electron chi connectivity index (χ2n) is 8.24. The number of hydrogen-bond acceptors (Lipinski definition) is 4. The Morgan fingerprint density at radius 3 is 2.36 bits per heavy atom. The van der Waals surface area contributed by atoms with Crippen LogP contribution in [0.5, 0.6) is 5.75 Å². The molecule has 0 saturated carbocycles. The monoisotopic (exact) mass is 441 g/mol. The van der Waals surface area contributed by atoms with Crippen LogP contribution in [0, 0.1) is 6.92 Å². The van der Waals surface area contributed by atoms with E-state index in [1.54, 1.807) is 19.2 Å². The summed E-state index contributed by atoms with van der Waals surface area (Å²) in [5.74, 6) is -0.791. The smallest absolute Gasteiger partial charge is 0.295 e. The number of likely N-dealkylation sites (tertiary alicyclic amines) is 1. The van der Waals surface area contributed by atoms with Gasteiger partial charge in [0.1, 0.15) is 11.5 Å². The average Bonchev–Trinajstić information content (AvgIpc) is 3.08. The maximum atomic E-state index is 13.2. The minimum atomic E-state index is -0.693. The van der Waals surface area contributed by atoms with E-state index in [1.165, 1.54) is 4.90 Å². The Morgan fingerprint density at radius 2 is 1.70 bits per heavy atom. The molecule has 3 aromatic carbocycles. The van der Waals surface area contributed by atoms with Gasteiger partial charge in [0.05, 0.1) is 18.7 Å². The molecule has 1 amide bonds. The van der Waals surface area contributed by atoms with Crippen LogP contribution in [0.25, 0.3) is 5.76 Å². The Labute approximate surface area is 193 Å². The Kier molecular flexibility index (Phi) is 6.31. The van der Waals surface area contributed by atoms with Gasteiger partial charge in [-0.2, -0.15) is 0 Å². The van der Waals surface area contributed by atoms with Crippen molar-refractivity contribution in [3.8, 4) is 5.75 Å². The van der Waals surface area contributed by atoms with Crippen molar-refractivity contribution >= 4 is 17.4 Å². The predicted molar refractivity (Wildman–Crippen MR) is 128 cm³/mol. The molecule has 0 aromatic heterocycles. The number of benzene rings is 3. The van der Waals surface area contributed by atoms with E-state index < -0.39 is 17.7 Å². The Hall–Kier alpha value is -3.86. The summed E-state index contributed by atoms with van der Waals surface area (Å²) in [5, 5.41) is 11.2. The summed E-state index contributed by atoms with van der Waals surface area (Å²) in [6, 6.07) is 21.8. The van der Waals surface area contributed by atoms with Crippen LogP contribution < -0.4 is 4.74 Å². The third-order valence-corrected chi connectivity index (χ3v) is 6.02. The maximum Gasteiger partial charge on any atom is 0.295 e. The van der Waals surface area contributed by atoms with E-state index in [-0.39, 0.29) is 17.9 Å². The van der Waals surface area contributed by atoms with Gasteiger partial charge < -0.3 is 14.7 Å². The van der Waals surface area contributed by atoms with Crippen LogP contribution in [0.4, 0.5) is 0 Å². The summed E-state index contributed by atoms with van der Waals surface area (Å²) >= 11 is 0. The minimum Gasteiger partial charge on any atom is -0.507 e. The van der Waals surface area contributed by atoms with Crippen molar-refractivity contribution in [2.45, 2.75) is 32.9 Å². The molecule has 1 saturated heterocycles. The number of amides is 1. The molecule has 5 heteroatoms. The van der Waals surface area contributed by atoms with Gasteiger partial charge in [0.2, 0.25) is 0 Å². The summed E-state index contributed by atoms with van der Waals surface area (Å²) in [7, 11) is 1.59. The molecule has 1 aliphatic rings. The zero-order chi connectivity index (χ0) is 23.5. The van der Waals surface area contributed by atoms with Gasteiger partial charge in [-0.25, -0.2) is 0 Å². The van der Waals surface area contributed by atoms with E-state index in [2.05, 4.69) is 6.92 Å². The van der Waals surface area contributed by atoms with Crippen LogP contribution in [0.3, 0.4) is 0 Å². The summed E-state index contributed by atoms with van der Waals surface area (Å²) in [6.45, 7) is 4.23. The first-order chi connectivity index (χ1) is 15.9. The number of aliphatic hydroxyl groups is 1. The van der Waals surface area contributed by atoms with Crippen LogP contribution in [0.2, 0.25) is 0 Å². The van der Waals surface area contributed by atoms with Gasteiger partial charge in [0.15, 0.2) is 0 Å². The van der Waals surface area contributed by atoms with Gasteiger partial charge in [0.25, 0.3) is 11.7 Å². The molecule has 1 fully saturated rings. The first-order valence-corrected chi connectivity index (χ1v) is 11.0. The second-order valence-corrected chi connectivity index (χ2v) is 8.24. The van der Waals surface area contributed by atoms with Crippen molar-refractivity contribution < 1.29 is 19.4 Å². The molecular weight excluding hydrogens is 414 g/mol. The van der Waals surface area contributed by atoms with Gasteiger partial charge in [-0.15, -0.1) is 0 Å². The molecule has 1 aliphatic heterocycles. The van der Waals surface area contributed by atoms with E-state index in [0.29, 0.717) is 11.3 Å². The first-order valence-electron chi connectivity index (χ1n) is 11.0. The molecule has 1 N–H and O–H groups in total. The highest BCUT2D eigenvalue weighted by molar-refractivity contribution is 6.46. The quantitative estimate of drug-likeness (QED) is 0.325. The number of ketones is 1. The zero-order valence-corrected chi connectivity index (χ0v) is 19.0. The van der Waals surface area contributed by atoms with Gasteiger partial charge >= 0.3 is 0 Å². The highest BCUT2D eigenvalue weighted by atomic mass is 16.5. The molecule has 4 rings (SSSR count). The van der Waals surface area contributed by atoms with Crippen LogP contribution in [-0.4, -0.2) is 28.8 Å². The van der Waals surface area contributed by atoms with E-state index in [9.17, 15) is 14.7 Å². The number of nitrogens with zero attached hydrogens (tertiary/aromatic N) is 1. The van der Waals surface area contributed by atoms with Crippen molar-refractivity contribution in [3.63, 3.8) is 0 Å². The fourth-order valence-corrected chi connectivity index (χ4v) is 4.25. The standard InChI is InChI=1S/C28H27NO4/c1-4-19-11-13-21(14-12-19)26(30)24-25(22-9-5-7-18(2)15-22)29(28(32)27(24)31)17-20-8-6-10-23(16-20)33-3/h5-16,25,30H,4,17H2,1-3H3/b26-24-.